The predicted molar refractivity (Wildman–Crippen MR) is 89.0 cm³/mol. The molecule has 2 heterocycles. The fraction of sp³-hybridized carbons (Fsp3) is 0.235. The van der Waals surface area contributed by atoms with Crippen LogP contribution >= 0.6 is 11.3 Å². The van der Waals surface area contributed by atoms with Crippen molar-refractivity contribution in [1.29, 1.82) is 0 Å². The lowest BCUT2D eigenvalue weighted by Gasteiger charge is -2.13. The molecular formula is C17H17N3O2S. The number of amides is 1. The summed E-state index contributed by atoms with van der Waals surface area (Å²) in [5.41, 5.74) is 2.03. The number of hydrogen-bond donors (Lipinski definition) is 0. The van der Waals surface area contributed by atoms with E-state index in [0.717, 1.165) is 16.0 Å². The van der Waals surface area contributed by atoms with Gasteiger partial charge in [0.25, 0.3) is 0 Å². The molecule has 6 heteroatoms. The molecule has 1 amide bonds. The number of nitrogens with zero attached hydrogens (tertiary/aromatic N) is 3. The standard InChI is InChI=1S/C17H17N3O2S/c1-12-6-3-4-8-14(12)17-18-15(22-19-17)11-20(2)16(21)10-13-7-5-9-23-13/h3-9H,10-11H2,1-2H3. The van der Waals surface area contributed by atoms with Crippen molar-refractivity contribution in [3.8, 4) is 11.4 Å². The monoisotopic (exact) mass is 327 g/mol. The quantitative estimate of drug-likeness (QED) is 0.721. The van der Waals surface area contributed by atoms with E-state index in [1.165, 1.54) is 0 Å². The Balaban J connectivity index is 1.67. The minimum atomic E-state index is 0.0306. The van der Waals surface area contributed by atoms with E-state index in [-0.39, 0.29) is 5.91 Å². The maximum Gasteiger partial charge on any atom is 0.246 e. The number of likely N-dealkylation sites (N-methyl/N-ethyl adjacent to an activating group) is 1. The molecule has 2 aromatic heterocycles. The second kappa shape index (κ2) is 6.75. The van der Waals surface area contributed by atoms with Crippen LogP contribution in [-0.2, 0) is 17.8 Å². The molecule has 3 aromatic rings. The summed E-state index contributed by atoms with van der Waals surface area (Å²) in [6.07, 6.45) is 0.396. The molecule has 0 unspecified atom stereocenters. The van der Waals surface area contributed by atoms with E-state index < -0.39 is 0 Å². The third-order valence-electron chi connectivity index (χ3n) is 3.56. The van der Waals surface area contributed by atoms with Crippen molar-refractivity contribution in [3.63, 3.8) is 0 Å². The highest BCUT2D eigenvalue weighted by Gasteiger charge is 2.16. The first-order valence-corrected chi connectivity index (χ1v) is 8.16. The molecule has 118 valence electrons. The molecular weight excluding hydrogens is 310 g/mol. The van der Waals surface area contributed by atoms with Crippen molar-refractivity contribution in [2.45, 2.75) is 19.9 Å². The van der Waals surface area contributed by atoms with E-state index in [2.05, 4.69) is 10.1 Å². The Kier molecular flexibility index (Phi) is 4.52. The van der Waals surface area contributed by atoms with Gasteiger partial charge in [-0.1, -0.05) is 35.5 Å². The van der Waals surface area contributed by atoms with Gasteiger partial charge in [0.1, 0.15) is 0 Å². The highest BCUT2D eigenvalue weighted by Crippen LogP contribution is 2.20. The molecule has 0 aliphatic heterocycles. The Morgan fingerprint density at radius 1 is 1.26 bits per heavy atom. The fourth-order valence-corrected chi connectivity index (χ4v) is 2.94. The lowest BCUT2D eigenvalue weighted by atomic mass is 10.1. The van der Waals surface area contributed by atoms with E-state index in [1.54, 1.807) is 23.3 Å². The molecule has 23 heavy (non-hydrogen) atoms. The highest BCUT2D eigenvalue weighted by molar-refractivity contribution is 7.10. The molecule has 0 aliphatic rings. The van der Waals surface area contributed by atoms with Gasteiger partial charge >= 0.3 is 0 Å². The lowest BCUT2D eigenvalue weighted by Crippen LogP contribution is -2.27. The van der Waals surface area contributed by atoms with Crippen molar-refractivity contribution in [2.75, 3.05) is 7.05 Å². The Morgan fingerprint density at radius 2 is 2.09 bits per heavy atom. The Bertz CT molecular complexity index is 796. The first-order chi connectivity index (χ1) is 11.1. The zero-order valence-corrected chi connectivity index (χ0v) is 13.8. The van der Waals surface area contributed by atoms with Crippen LogP contribution in [0.1, 0.15) is 16.3 Å². The first-order valence-electron chi connectivity index (χ1n) is 7.28. The van der Waals surface area contributed by atoms with Gasteiger partial charge in [-0.25, -0.2) is 0 Å². The smallest absolute Gasteiger partial charge is 0.246 e. The number of aromatic nitrogens is 2. The van der Waals surface area contributed by atoms with Crippen molar-refractivity contribution in [2.24, 2.45) is 0 Å². The van der Waals surface area contributed by atoms with Crippen LogP contribution in [0.15, 0.2) is 46.3 Å². The Morgan fingerprint density at radius 3 is 2.83 bits per heavy atom. The maximum absolute atomic E-state index is 12.2. The number of carbonyl (C=O) groups is 1. The summed E-state index contributed by atoms with van der Waals surface area (Å²) >= 11 is 1.58. The van der Waals surface area contributed by atoms with Crippen molar-refractivity contribution >= 4 is 17.2 Å². The van der Waals surface area contributed by atoms with E-state index >= 15 is 0 Å². The average molecular weight is 327 g/mol. The second-order valence-electron chi connectivity index (χ2n) is 5.33. The van der Waals surface area contributed by atoms with Crippen LogP contribution in [0.2, 0.25) is 0 Å². The summed E-state index contributed by atoms with van der Waals surface area (Å²) in [5.74, 6) is 1.02. The van der Waals surface area contributed by atoms with Gasteiger partial charge in [0, 0.05) is 17.5 Å². The van der Waals surface area contributed by atoms with Gasteiger partial charge in [0.2, 0.25) is 17.6 Å². The number of benzene rings is 1. The zero-order chi connectivity index (χ0) is 16.2. The van der Waals surface area contributed by atoms with Gasteiger partial charge in [-0.2, -0.15) is 4.98 Å². The van der Waals surface area contributed by atoms with Crippen LogP contribution in [-0.4, -0.2) is 28.0 Å². The molecule has 0 spiro atoms. The van der Waals surface area contributed by atoms with Crippen molar-refractivity contribution in [1.82, 2.24) is 15.0 Å². The van der Waals surface area contributed by atoms with Gasteiger partial charge in [0.05, 0.1) is 13.0 Å². The van der Waals surface area contributed by atoms with Gasteiger partial charge in [-0.3, -0.25) is 4.79 Å². The van der Waals surface area contributed by atoms with Crippen LogP contribution in [0.25, 0.3) is 11.4 Å². The lowest BCUT2D eigenvalue weighted by molar-refractivity contribution is -0.129. The first kappa shape index (κ1) is 15.4. The van der Waals surface area contributed by atoms with E-state index in [9.17, 15) is 4.79 Å². The predicted octanol–water partition coefficient (Wildman–Crippen LogP) is 3.31. The minimum absolute atomic E-state index is 0.0306. The molecule has 0 saturated carbocycles. The molecule has 0 radical (unpaired) electrons. The Labute approximate surface area is 138 Å². The fourth-order valence-electron chi connectivity index (χ4n) is 2.24. The molecule has 3 rings (SSSR count). The highest BCUT2D eigenvalue weighted by atomic mass is 32.1. The number of thiophene rings is 1. The van der Waals surface area contributed by atoms with E-state index in [1.807, 2.05) is 48.7 Å². The van der Waals surface area contributed by atoms with Gasteiger partial charge < -0.3 is 9.42 Å². The van der Waals surface area contributed by atoms with Crippen LogP contribution in [0, 0.1) is 6.92 Å². The largest absolute Gasteiger partial charge is 0.337 e. The average Bonchev–Trinajstić information content (AvgIpc) is 3.19. The molecule has 0 atom stereocenters. The molecule has 0 fully saturated rings. The topological polar surface area (TPSA) is 59.2 Å². The number of hydrogen-bond acceptors (Lipinski definition) is 5. The van der Waals surface area contributed by atoms with Crippen molar-refractivity contribution in [3.05, 3.63) is 58.1 Å². The molecule has 0 N–H and O–H groups in total. The summed E-state index contributed by atoms with van der Waals surface area (Å²) in [6, 6.07) is 11.8. The molecule has 0 aliphatic carbocycles. The van der Waals surface area contributed by atoms with Gasteiger partial charge in [-0.15, -0.1) is 11.3 Å². The van der Waals surface area contributed by atoms with E-state index in [0.29, 0.717) is 24.7 Å². The third kappa shape index (κ3) is 3.65. The van der Waals surface area contributed by atoms with Gasteiger partial charge in [0.15, 0.2) is 0 Å². The Hall–Kier alpha value is -2.47. The van der Waals surface area contributed by atoms with Crippen LogP contribution in [0.3, 0.4) is 0 Å². The van der Waals surface area contributed by atoms with Gasteiger partial charge in [-0.05, 0) is 23.9 Å². The SMILES string of the molecule is Cc1ccccc1-c1noc(CN(C)C(=O)Cc2cccs2)n1. The number of aryl methyl sites for hydroxylation is 1. The van der Waals surface area contributed by atoms with E-state index in [4.69, 9.17) is 4.52 Å². The summed E-state index contributed by atoms with van der Waals surface area (Å²) in [4.78, 5) is 19.2. The van der Waals surface area contributed by atoms with Crippen LogP contribution in [0.5, 0.6) is 0 Å². The van der Waals surface area contributed by atoms with Crippen LogP contribution < -0.4 is 0 Å². The summed E-state index contributed by atoms with van der Waals surface area (Å²) in [5, 5.41) is 5.98. The molecule has 0 bridgehead atoms. The number of rotatable bonds is 5. The molecule has 1 aromatic carbocycles. The zero-order valence-electron chi connectivity index (χ0n) is 13.0. The number of carbonyl (C=O) groups excluding carboxylic acids is 1. The normalized spacial score (nSPS) is 10.7. The third-order valence-corrected chi connectivity index (χ3v) is 4.43. The second-order valence-corrected chi connectivity index (χ2v) is 6.36. The maximum atomic E-state index is 12.2. The summed E-state index contributed by atoms with van der Waals surface area (Å²) in [7, 11) is 1.74. The van der Waals surface area contributed by atoms with Crippen LogP contribution in [0.4, 0.5) is 0 Å². The summed E-state index contributed by atoms with van der Waals surface area (Å²) < 4.78 is 5.28. The molecule has 0 saturated heterocycles. The van der Waals surface area contributed by atoms with Crippen molar-refractivity contribution < 1.29 is 9.32 Å². The molecule has 5 nitrogen and oxygen atoms in total. The summed E-state index contributed by atoms with van der Waals surface area (Å²) in [6.45, 7) is 2.31. The minimum Gasteiger partial charge on any atom is -0.337 e.